The highest BCUT2D eigenvalue weighted by Crippen LogP contribution is 2.29. The molecule has 2 aromatic rings. The van der Waals surface area contributed by atoms with Crippen molar-refractivity contribution in [1.29, 1.82) is 0 Å². The minimum absolute atomic E-state index is 0.213. The molecule has 0 radical (unpaired) electrons. The van der Waals surface area contributed by atoms with Crippen LogP contribution in [-0.4, -0.2) is 34.6 Å². The molecule has 0 saturated heterocycles. The van der Waals surface area contributed by atoms with Crippen LogP contribution in [0.25, 0.3) is 0 Å². The van der Waals surface area contributed by atoms with Crippen molar-refractivity contribution in [3.8, 4) is 5.75 Å². The van der Waals surface area contributed by atoms with Crippen LogP contribution in [0.15, 0.2) is 29.4 Å². The fourth-order valence-corrected chi connectivity index (χ4v) is 3.00. The maximum absolute atomic E-state index is 5.48. The van der Waals surface area contributed by atoms with Crippen molar-refractivity contribution < 1.29 is 4.74 Å². The lowest BCUT2D eigenvalue weighted by Gasteiger charge is -2.20. The number of methoxy groups -OCH3 is 1. The van der Waals surface area contributed by atoms with Crippen molar-refractivity contribution in [1.82, 2.24) is 20.5 Å². The fourth-order valence-electron chi connectivity index (χ4n) is 2.08. The molecule has 2 N–H and O–H groups in total. The third-order valence-electron chi connectivity index (χ3n) is 3.11. The lowest BCUT2D eigenvalue weighted by atomic mass is 10.1. The maximum atomic E-state index is 5.48. The SMILES string of the molecule is CCCNC(CSc1n[nH]c(C)n1)c1ccccc1OC. The van der Waals surface area contributed by atoms with E-state index in [1.807, 2.05) is 25.1 Å². The van der Waals surface area contributed by atoms with E-state index in [2.05, 4.69) is 33.5 Å². The van der Waals surface area contributed by atoms with Gasteiger partial charge >= 0.3 is 0 Å². The molecule has 21 heavy (non-hydrogen) atoms. The molecule has 1 atom stereocenters. The summed E-state index contributed by atoms with van der Waals surface area (Å²) < 4.78 is 5.48. The van der Waals surface area contributed by atoms with Gasteiger partial charge in [-0.25, -0.2) is 4.98 Å². The largest absolute Gasteiger partial charge is 0.496 e. The van der Waals surface area contributed by atoms with Crippen molar-refractivity contribution in [3.63, 3.8) is 0 Å². The zero-order chi connectivity index (χ0) is 15.1. The van der Waals surface area contributed by atoms with E-state index in [0.717, 1.165) is 35.4 Å². The zero-order valence-corrected chi connectivity index (χ0v) is 13.5. The lowest BCUT2D eigenvalue weighted by molar-refractivity contribution is 0.402. The molecule has 5 nitrogen and oxygen atoms in total. The van der Waals surface area contributed by atoms with Crippen molar-refractivity contribution in [3.05, 3.63) is 35.7 Å². The number of benzene rings is 1. The number of hydrogen-bond donors (Lipinski definition) is 2. The Balaban J connectivity index is 2.09. The van der Waals surface area contributed by atoms with E-state index in [4.69, 9.17) is 4.74 Å². The molecule has 1 unspecified atom stereocenters. The molecule has 0 aliphatic rings. The Morgan fingerprint density at radius 2 is 2.19 bits per heavy atom. The van der Waals surface area contributed by atoms with Crippen LogP contribution in [0.2, 0.25) is 0 Å². The number of ether oxygens (including phenoxy) is 1. The average molecular weight is 306 g/mol. The smallest absolute Gasteiger partial charge is 0.208 e. The van der Waals surface area contributed by atoms with Gasteiger partial charge in [0.15, 0.2) is 0 Å². The van der Waals surface area contributed by atoms with Gasteiger partial charge in [0.1, 0.15) is 11.6 Å². The number of H-pyrrole nitrogens is 1. The molecular weight excluding hydrogens is 284 g/mol. The van der Waals surface area contributed by atoms with Gasteiger partial charge in [0.2, 0.25) is 5.16 Å². The van der Waals surface area contributed by atoms with Crippen molar-refractivity contribution in [2.24, 2.45) is 0 Å². The highest BCUT2D eigenvalue weighted by molar-refractivity contribution is 7.99. The number of hydrogen-bond acceptors (Lipinski definition) is 5. The summed E-state index contributed by atoms with van der Waals surface area (Å²) in [6.45, 7) is 5.04. The van der Waals surface area contributed by atoms with Crippen LogP contribution in [0.5, 0.6) is 5.75 Å². The molecule has 1 aromatic heterocycles. The van der Waals surface area contributed by atoms with Crippen LogP contribution in [0.1, 0.15) is 30.8 Å². The molecule has 6 heteroatoms. The van der Waals surface area contributed by atoms with Gasteiger partial charge in [-0.1, -0.05) is 36.9 Å². The summed E-state index contributed by atoms with van der Waals surface area (Å²) in [5.74, 6) is 2.61. The monoisotopic (exact) mass is 306 g/mol. The predicted molar refractivity (Wildman–Crippen MR) is 85.9 cm³/mol. The standard InChI is InChI=1S/C15H22N4OS/c1-4-9-16-13(10-21-15-17-11(2)18-19-15)12-7-5-6-8-14(12)20-3/h5-8,13,16H,4,9-10H2,1-3H3,(H,17,18,19). The summed E-state index contributed by atoms with van der Waals surface area (Å²) in [5.41, 5.74) is 1.17. The van der Waals surface area contributed by atoms with E-state index in [-0.39, 0.29) is 6.04 Å². The molecule has 0 amide bonds. The first-order valence-electron chi connectivity index (χ1n) is 7.12. The van der Waals surface area contributed by atoms with E-state index < -0.39 is 0 Å². The van der Waals surface area contributed by atoms with E-state index in [1.165, 1.54) is 5.56 Å². The third-order valence-corrected chi connectivity index (χ3v) is 4.05. The Morgan fingerprint density at radius 3 is 2.86 bits per heavy atom. The molecule has 0 fully saturated rings. The first-order chi connectivity index (χ1) is 10.2. The van der Waals surface area contributed by atoms with Crippen molar-refractivity contribution in [2.75, 3.05) is 19.4 Å². The number of aromatic amines is 1. The van der Waals surface area contributed by atoms with Gasteiger partial charge in [-0.3, -0.25) is 5.10 Å². The second-order valence-corrected chi connectivity index (χ2v) is 5.75. The number of aryl methyl sites for hydroxylation is 1. The average Bonchev–Trinajstić information content (AvgIpc) is 2.93. The van der Waals surface area contributed by atoms with Crippen LogP contribution in [0.3, 0.4) is 0 Å². The number of rotatable bonds is 8. The molecule has 0 aliphatic heterocycles. The molecule has 0 bridgehead atoms. The first-order valence-corrected chi connectivity index (χ1v) is 8.11. The second kappa shape index (κ2) is 8.05. The van der Waals surface area contributed by atoms with E-state index in [0.29, 0.717) is 0 Å². The van der Waals surface area contributed by atoms with Crippen molar-refractivity contribution in [2.45, 2.75) is 31.5 Å². The molecule has 0 saturated carbocycles. The number of thioether (sulfide) groups is 1. The molecule has 1 heterocycles. The lowest BCUT2D eigenvalue weighted by Crippen LogP contribution is -2.24. The van der Waals surface area contributed by atoms with Crippen LogP contribution in [-0.2, 0) is 0 Å². The Bertz CT molecular complexity index is 558. The minimum atomic E-state index is 0.213. The Labute approximate surface area is 129 Å². The molecule has 2 rings (SSSR count). The number of aromatic nitrogens is 3. The van der Waals surface area contributed by atoms with E-state index in [1.54, 1.807) is 18.9 Å². The summed E-state index contributed by atoms with van der Waals surface area (Å²) in [5, 5.41) is 11.4. The third kappa shape index (κ3) is 4.47. The topological polar surface area (TPSA) is 62.8 Å². The molecule has 114 valence electrons. The zero-order valence-electron chi connectivity index (χ0n) is 12.7. The van der Waals surface area contributed by atoms with Crippen LogP contribution < -0.4 is 10.1 Å². The highest BCUT2D eigenvalue weighted by atomic mass is 32.2. The Kier molecular flexibility index (Phi) is 6.07. The summed E-state index contributed by atoms with van der Waals surface area (Å²) in [6, 6.07) is 8.35. The normalized spacial score (nSPS) is 12.3. The van der Waals surface area contributed by atoms with Crippen LogP contribution >= 0.6 is 11.8 Å². The Hall–Kier alpha value is -1.53. The maximum Gasteiger partial charge on any atom is 0.208 e. The first kappa shape index (κ1) is 15.9. The minimum Gasteiger partial charge on any atom is -0.496 e. The summed E-state index contributed by atoms with van der Waals surface area (Å²) >= 11 is 1.64. The number of nitrogens with zero attached hydrogens (tertiary/aromatic N) is 2. The molecule has 0 spiro atoms. The van der Waals surface area contributed by atoms with Crippen LogP contribution in [0, 0.1) is 6.92 Å². The fraction of sp³-hybridized carbons (Fsp3) is 0.467. The van der Waals surface area contributed by atoms with E-state index in [9.17, 15) is 0 Å². The summed E-state index contributed by atoms with van der Waals surface area (Å²) in [7, 11) is 1.71. The molecule has 0 aliphatic carbocycles. The van der Waals surface area contributed by atoms with Crippen molar-refractivity contribution >= 4 is 11.8 Å². The van der Waals surface area contributed by atoms with Crippen LogP contribution in [0.4, 0.5) is 0 Å². The van der Waals surface area contributed by atoms with Gasteiger partial charge in [0.25, 0.3) is 0 Å². The van der Waals surface area contributed by atoms with Gasteiger partial charge in [0, 0.05) is 17.4 Å². The number of para-hydroxylation sites is 1. The quantitative estimate of drug-likeness (QED) is 0.734. The van der Waals surface area contributed by atoms with Gasteiger partial charge in [-0.2, -0.15) is 0 Å². The summed E-state index contributed by atoms with van der Waals surface area (Å²) in [4.78, 5) is 4.34. The van der Waals surface area contributed by atoms with Gasteiger partial charge in [0.05, 0.1) is 7.11 Å². The number of nitrogens with one attached hydrogen (secondary N) is 2. The molecule has 1 aromatic carbocycles. The Morgan fingerprint density at radius 1 is 1.38 bits per heavy atom. The van der Waals surface area contributed by atoms with E-state index >= 15 is 0 Å². The van der Waals surface area contributed by atoms with Gasteiger partial charge in [-0.05, 0) is 26.0 Å². The molecular formula is C15H22N4OS. The van der Waals surface area contributed by atoms with Gasteiger partial charge < -0.3 is 10.1 Å². The predicted octanol–water partition coefficient (Wildman–Crippen LogP) is 2.95. The highest BCUT2D eigenvalue weighted by Gasteiger charge is 2.16. The summed E-state index contributed by atoms with van der Waals surface area (Å²) in [6.07, 6.45) is 1.09. The second-order valence-electron chi connectivity index (χ2n) is 4.76. The van der Waals surface area contributed by atoms with Gasteiger partial charge in [-0.15, -0.1) is 5.10 Å².